The molecule has 0 bridgehead atoms. The van der Waals surface area contributed by atoms with Crippen LogP contribution in [-0.2, 0) is 28.5 Å². The molecule has 0 aromatic carbocycles. The number of carbonyl (C=O) groups is 2. The van der Waals surface area contributed by atoms with Gasteiger partial charge in [0.25, 0.3) is 0 Å². The third kappa shape index (κ3) is 6.28. The first-order valence-electron chi connectivity index (χ1n) is 7.64. The van der Waals surface area contributed by atoms with Crippen molar-refractivity contribution in [1.29, 1.82) is 0 Å². The van der Waals surface area contributed by atoms with Gasteiger partial charge in [-0.05, 0) is 13.8 Å². The predicted molar refractivity (Wildman–Crippen MR) is 80.4 cm³/mol. The predicted octanol–water partition coefficient (Wildman–Crippen LogP) is 2.99. The number of rotatable bonds is 6. The minimum Gasteiger partial charge on any atom is -0.462 e. The highest BCUT2D eigenvalue weighted by Gasteiger charge is 2.59. The SMILES string of the molecule is C=C(C)C(=O)OCC1C(F)OC1(F)F.C=C(C)C(=O)OCC1COC1(F)F. The van der Waals surface area contributed by atoms with Gasteiger partial charge < -0.3 is 14.2 Å². The van der Waals surface area contributed by atoms with Crippen LogP contribution in [0.25, 0.3) is 0 Å². The summed E-state index contributed by atoms with van der Waals surface area (Å²) in [6.45, 7) is 8.28. The molecule has 0 saturated carbocycles. The average molecular weight is 402 g/mol. The van der Waals surface area contributed by atoms with Crippen molar-refractivity contribution in [2.45, 2.75) is 32.4 Å². The minimum absolute atomic E-state index is 0.0729. The summed E-state index contributed by atoms with van der Waals surface area (Å²) < 4.78 is 78.5. The van der Waals surface area contributed by atoms with Crippen molar-refractivity contribution in [3.8, 4) is 0 Å². The van der Waals surface area contributed by atoms with E-state index >= 15 is 0 Å². The molecule has 0 aromatic heterocycles. The second kappa shape index (κ2) is 8.79. The summed E-state index contributed by atoms with van der Waals surface area (Å²) in [6.07, 6.45) is -8.77. The second-order valence-electron chi connectivity index (χ2n) is 5.96. The molecule has 2 aliphatic rings. The normalized spacial score (nSPS) is 27.0. The number of carbonyl (C=O) groups excluding carboxylic acids is 2. The highest BCUT2D eigenvalue weighted by atomic mass is 19.3. The molecule has 0 radical (unpaired) electrons. The maximum Gasteiger partial charge on any atom is 0.369 e. The van der Waals surface area contributed by atoms with Crippen LogP contribution in [0.15, 0.2) is 24.3 Å². The van der Waals surface area contributed by atoms with Crippen LogP contribution in [0.5, 0.6) is 0 Å². The van der Waals surface area contributed by atoms with Crippen molar-refractivity contribution in [3.63, 3.8) is 0 Å². The smallest absolute Gasteiger partial charge is 0.369 e. The van der Waals surface area contributed by atoms with E-state index in [2.05, 4.69) is 32.1 Å². The number of hydrogen-bond donors (Lipinski definition) is 0. The molecule has 2 saturated heterocycles. The van der Waals surface area contributed by atoms with Crippen molar-refractivity contribution >= 4 is 11.9 Å². The van der Waals surface area contributed by atoms with Gasteiger partial charge in [-0.1, -0.05) is 13.2 Å². The highest BCUT2D eigenvalue weighted by Crippen LogP contribution is 2.42. The van der Waals surface area contributed by atoms with Gasteiger partial charge in [-0.15, -0.1) is 0 Å². The largest absolute Gasteiger partial charge is 0.462 e. The van der Waals surface area contributed by atoms with Gasteiger partial charge in [0.2, 0.25) is 6.36 Å². The first-order valence-corrected chi connectivity index (χ1v) is 7.64. The van der Waals surface area contributed by atoms with Gasteiger partial charge >= 0.3 is 24.2 Å². The average Bonchev–Trinajstić information content (AvgIpc) is 2.53. The fourth-order valence-electron chi connectivity index (χ4n) is 1.63. The molecule has 2 rings (SSSR count). The quantitative estimate of drug-likeness (QED) is 0.387. The Labute approximate surface area is 151 Å². The van der Waals surface area contributed by atoms with E-state index in [1.165, 1.54) is 13.8 Å². The van der Waals surface area contributed by atoms with Crippen LogP contribution in [0.4, 0.5) is 22.0 Å². The summed E-state index contributed by atoms with van der Waals surface area (Å²) >= 11 is 0. The van der Waals surface area contributed by atoms with Gasteiger partial charge in [0.1, 0.15) is 25.0 Å². The zero-order valence-corrected chi connectivity index (χ0v) is 14.6. The number of hydrogen-bond acceptors (Lipinski definition) is 6. The van der Waals surface area contributed by atoms with Gasteiger partial charge in [-0.25, -0.2) is 14.0 Å². The Balaban J connectivity index is 0.000000271. The summed E-state index contributed by atoms with van der Waals surface area (Å²) in [5.41, 5.74) is 0.271. The molecule has 3 unspecified atom stereocenters. The molecule has 0 N–H and O–H groups in total. The number of ether oxygens (including phenoxy) is 4. The highest BCUT2D eigenvalue weighted by molar-refractivity contribution is 5.87. The van der Waals surface area contributed by atoms with E-state index < -0.39 is 49.0 Å². The number of alkyl halides is 5. The van der Waals surface area contributed by atoms with Gasteiger partial charge in [0, 0.05) is 11.1 Å². The Bertz CT molecular complexity index is 606. The lowest BCUT2D eigenvalue weighted by atomic mass is 10.1. The lowest BCUT2D eigenvalue weighted by Gasteiger charge is -2.38. The van der Waals surface area contributed by atoms with Gasteiger partial charge in [-0.3, -0.25) is 4.74 Å². The first kappa shape index (κ1) is 23.0. The Hall–Kier alpha value is -2.01. The fraction of sp³-hybridized carbons (Fsp3) is 0.625. The summed E-state index contributed by atoms with van der Waals surface area (Å²) in [6, 6.07) is 0. The van der Waals surface area contributed by atoms with E-state index in [9.17, 15) is 31.5 Å². The minimum atomic E-state index is -3.55. The fourth-order valence-corrected chi connectivity index (χ4v) is 1.63. The molecule has 27 heavy (non-hydrogen) atoms. The standard InChI is InChI=1S/C8H9F3O3.C8H10F2O3/c1-4(2)7(12)13-3-5-6(9)14-8(5,10)11;1-5(2)7(11)12-3-6-4-13-8(6,9)10/h5-6H,1,3H2,2H3;6H,1,3-4H2,2H3. The van der Waals surface area contributed by atoms with Gasteiger partial charge in [0.15, 0.2) is 0 Å². The van der Waals surface area contributed by atoms with E-state index in [-0.39, 0.29) is 24.4 Å². The molecule has 0 aliphatic carbocycles. The van der Waals surface area contributed by atoms with Crippen LogP contribution >= 0.6 is 0 Å². The summed E-state index contributed by atoms with van der Waals surface area (Å²) in [5, 5.41) is 0. The molecule has 0 amide bonds. The van der Waals surface area contributed by atoms with Crippen LogP contribution in [-0.4, -0.2) is 50.3 Å². The number of halogens is 5. The van der Waals surface area contributed by atoms with Crippen molar-refractivity contribution in [1.82, 2.24) is 0 Å². The molecule has 11 heteroatoms. The molecule has 2 fully saturated rings. The molecule has 0 spiro atoms. The zero-order valence-electron chi connectivity index (χ0n) is 14.6. The lowest BCUT2D eigenvalue weighted by Crippen LogP contribution is -2.54. The summed E-state index contributed by atoms with van der Waals surface area (Å²) in [7, 11) is 0. The third-order valence-electron chi connectivity index (χ3n) is 3.48. The van der Waals surface area contributed by atoms with E-state index in [1.807, 2.05) is 0 Å². The maximum atomic E-state index is 12.4. The maximum absolute atomic E-state index is 12.4. The van der Waals surface area contributed by atoms with Crippen molar-refractivity contribution in [2.75, 3.05) is 19.8 Å². The molecule has 0 aromatic rings. The van der Waals surface area contributed by atoms with Crippen LogP contribution in [0, 0.1) is 11.8 Å². The first-order chi connectivity index (χ1) is 12.3. The monoisotopic (exact) mass is 402 g/mol. The Morgan fingerprint density at radius 1 is 1.00 bits per heavy atom. The lowest BCUT2D eigenvalue weighted by molar-refractivity contribution is -0.428. The topological polar surface area (TPSA) is 71.1 Å². The van der Waals surface area contributed by atoms with Crippen molar-refractivity contribution in [2.24, 2.45) is 11.8 Å². The molecule has 3 atom stereocenters. The third-order valence-corrected chi connectivity index (χ3v) is 3.48. The van der Waals surface area contributed by atoms with Crippen molar-refractivity contribution < 1.29 is 50.5 Å². The molecular weight excluding hydrogens is 383 g/mol. The van der Waals surface area contributed by atoms with Gasteiger partial charge in [0.05, 0.1) is 6.61 Å². The van der Waals surface area contributed by atoms with Crippen LogP contribution in [0.3, 0.4) is 0 Å². The molecule has 2 heterocycles. The molecule has 2 aliphatic heterocycles. The Morgan fingerprint density at radius 2 is 1.48 bits per heavy atom. The van der Waals surface area contributed by atoms with E-state index in [4.69, 9.17) is 0 Å². The second-order valence-corrected chi connectivity index (χ2v) is 5.96. The summed E-state index contributed by atoms with van der Waals surface area (Å²) in [4.78, 5) is 21.6. The van der Waals surface area contributed by atoms with E-state index in [1.54, 1.807) is 0 Å². The number of esters is 2. The molecule has 154 valence electrons. The Morgan fingerprint density at radius 3 is 1.78 bits per heavy atom. The van der Waals surface area contributed by atoms with Crippen LogP contribution in [0.2, 0.25) is 0 Å². The van der Waals surface area contributed by atoms with Crippen LogP contribution in [0.1, 0.15) is 13.8 Å². The van der Waals surface area contributed by atoms with E-state index in [0.29, 0.717) is 0 Å². The summed E-state index contributed by atoms with van der Waals surface area (Å²) in [5.74, 6) is -4.20. The van der Waals surface area contributed by atoms with Gasteiger partial charge in [-0.2, -0.15) is 17.6 Å². The molecular formula is C16H19F5O6. The Kier molecular flexibility index (Phi) is 7.49. The van der Waals surface area contributed by atoms with E-state index in [0.717, 1.165) is 0 Å². The van der Waals surface area contributed by atoms with Crippen LogP contribution < -0.4 is 0 Å². The molecule has 6 nitrogen and oxygen atoms in total. The van der Waals surface area contributed by atoms with Crippen molar-refractivity contribution in [3.05, 3.63) is 24.3 Å². The zero-order chi connectivity index (χ0) is 21.0.